The Labute approximate surface area is 146 Å². The normalized spacial score (nSPS) is 10.1. The maximum Gasteiger partial charge on any atom is 0.313 e. The van der Waals surface area contributed by atoms with Crippen molar-refractivity contribution >= 4 is 29.1 Å². The van der Waals surface area contributed by atoms with Crippen molar-refractivity contribution in [3.05, 3.63) is 59.1 Å². The molecule has 0 aromatic heterocycles. The molecule has 0 unspecified atom stereocenters. The Balaban J connectivity index is 1.86. The quantitative estimate of drug-likeness (QED) is 0.847. The molecular weight excluding hydrogens is 328 g/mol. The molecular formula is C18H19ClN2O3. The number of ether oxygens (including phenoxy) is 1. The minimum atomic E-state index is -0.672. The Morgan fingerprint density at radius 2 is 1.71 bits per heavy atom. The molecule has 0 aliphatic rings. The van der Waals surface area contributed by atoms with Gasteiger partial charge in [-0.1, -0.05) is 23.7 Å². The molecule has 0 atom stereocenters. The molecule has 126 valence electrons. The fraction of sp³-hybridized carbons (Fsp3) is 0.222. The van der Waals surface area contributed by atoms with Gasteiger partial charge in [-0.15, -0.1) is 0 Å². The second-order valence-electron chi connectivity index (χ2n) is 5.29. The number of carbonyl (C=O) groups is 2. The summed E-state index contributed by atoms with van der Waals surface area (Å²) < 4.78 is 5.10. The molecule has 0 bridgehead atoms. The lowest BCUT2D eigenvalue weighted by atomic mass is 10.1. The van der Waals surface area contributed by atoms with Crippen molar-refractivity contribution in [1.82, 2.24) is 4.90 Å². The number of amides is 2. The summed E-state index contributed by atoms with van der Waals surface area (Å²) in [5.74, 6) is -0.474. The zero-order valence-electron chi connectivity index (χ0n) is 13.6. The van der Waals surface area contributed by atoms with E-state index in [1.165, 1.54) is 4.90 Å². The molecule has 0 saturated carbocycles. The van der Waals surface area contributed by atoms with Gasteiger partial charge in [0.2, 0.25) is 0 Å². The first kappa shape index (κ1) is 17.8. The Bertz CT molecular complexity index is 699. The molecule has 0 radical (unpaired) electrons. The van der Waals surface area contributed by atoms with Crippen LogP contribution in [0.15, 0.2) is 48.5 Å². The highest BCUT2D eigenvalue weighted by atomic mass is 35.5. The highest BCUT2D eigenvalue weighted by Gasteiger charge is 2.18. The molecule has 2 aromatic rings. The van der Waals surface area contributed by atoms with Crippen LogP contribution in [0.1, 0.15) is 5.56 Å². The first-order valence-electron chi connectivity index (χ1n) is 7.44. The largest absolute Gasteiger partial charge is 0.497 e. The van der Waals surface area contributed by atoms with E-state index in [0.717, 1.165) is 11.3 Å². The molecule has 0 heterocycles. The van der Waals surface area contributed by atoms with Crippen LogP contribution in [0, 0.1) is 0 Å². The molecule has 2 amide bonds. The molecule has 5 nitrogen and oxygen atoms in total. The van der Waals surface area contributed by atoms with Gasteiger partial charge in [0.05, 0.1) is 7.11 Å². The summed E-state index contributed by atoms with van der Waals surface area (Å²) in [6.45, 7) is 0.444. The number of nitrogens with zero attached hydrogens (tertiary/aromatic N) is 1. The van der Waals surface area contributed by atoms with Gasteiger partial charge in [-0.3, -0.25) is 9.59 Å². The number of methoxy groups -OCH3 is 1. The van der Waals surface area contributed by atoms with E-state index in [1.807, 2.05) is 24.3 Å². The van der Waals surface area contributed by atoms with Gasteiger partial charge in [0, 0.05) is 24.3 Å². The van der Waals surface area contributed by atoms with E-state index < -0.39 is 11.8 Å². The second-order valence-corrected chi connectivity index (χ2v) is 5.72. The van der Waals surface area contributed by atoms with E-state index in [4.69, 9.17) is 16.3 Å². The van der Waals surface area contributed by atoms with E-state index in [-0.39, 0.29) is 0 Å². The Hall–Kier alpha value is -2.53. The maximum absolute atomic E-state index is 12.1. The van der Waals surface area contributed by atoms with Crippen molar-refractivity contribution in [2.45, 2.75) is 6.42 Å². The standard InChI is InChI=1S/C18H19ClN2O3/c1-21(12-11-13-3-9-16(24-2)10-4-13)18(23)17(22)20-15-7-5-14(19)6-8-15/h3-10H,11-12H2,1-2H3,(H,20,22). The van der Waals surface area contributed by atoms with Gasteiger partial charge < -0.3 is 15.0 Å². The number of likely N-dealkylation sites (N-methyl/N-ethyl adjacent to an activating group) is 1. The van der Waals surface area contributed by atoms with Gasteiger partial charge >= 0.3 is 11.8 Å². The monoisotopic (exact) mass is 346 g/mol. The van der Waals surface area contributed by atoms with E-state index in [2.05, 4.69) is 5.32 Å². The van der Waals surface area contributed by atoms with Gasteiger partial charge in [0.1, 0.15) is 5.75 Å². The molecule has 2 aromatic carbocycles. The van der Waals surface area contributed by atoms with Gasteiger partial charge in [0.25, 0.3) is 0 Å². The maximum atomic E-state index is 12.1. The predicted octanol–water partition coefficient (Wildman–Crippen LogP) is 2.99. The lowest BCUT2D eigenvalue weighted by Crippen LogP contribution is -2.38. The smallest absolute Gasteiger partial charge is 0.313 e. The second kappa shape index (κ2) is 8.36. The number of hydrogen-bond donors (Lipinski definition) is 1. The van der Waals surface area contributed by atoms with Crippen LogP contribution in [0.4, 0.5) is 5.69 Å². The number of rotatable bonds is 5. The van der Waals surface area contributed by atoms with Crippen molar-refractivity contribution in [3.8, 4) is 5.75 Å². The molecule has 0 aliphatic carbocycles. The van der Waals surface area contributed by atoms with Crippen LogP contribution >= 0.6 is 11.6 Å². The van der Waals surface area contributed by atoms with Crippen LogP contribution < -0.4 is 10.1 Å². The molecule has 6 heteroatoms. The highest BCUT2D eigenvalue weighted by molar-refractivity contribution is 6.39. The lowest BCUT2D eigenvalue weighted by molar-refractivity contribution is -0.142. The van der Waals surface area contributed by atoms with Crippen LogP contribution in [0.25, 0.3) is 0 Å². The lowest BCUT2D eigenvalue weighted by Gasteiger charge is -2.16. The van der Waals surface area contributed by atoms with Gasteiger partial charge in [-0.2, -0.15) is 0 Å². The fourth-order valence-corrected chi connectivity index (χ4v) is 2.21. The summed E-state index contributed by atoms with van der Waals surface area (Å²) >= 11 is 5.78. The summed E-state index contributed by atoms with van der Waals surface area (Å²) in [6, 6.07) is 14.2. The summed E-state index contributed by atoms with van der Waals surface area (Å²) in [5, 5.41) is 3.12. The van der Waals surface area contributed by atoms with Crippen LogP contribution in [0.2, 0.25) is 5.02 Å². The predicted molar refractivity (Wildman–Crippen MR) is 94.4 cm³/mol. The summed E-state index contributed by atoms with van der Waals surface area (Å²) in [4.78, 5) is 25.5. The van der Waals surface area contributed by atoms with Gasteiger partial charge in [-0.25, -0.2) is 0 Å². The van der Waals surface area contributed by atoms with E-state index >= 15 is 0 Å². The first-order valence-corrected chi connectivity index (χ1v) is 7.82. The third-order valence-electron chi connectivity index (χ3n) is 3.54. The SMILES string of the molecule is COc1ccc(CCN(C)C(=O)C(=O)Nc2ccc(Cl)cc2)cc1. The molecule has 2 rings (SSSR count). The summed E-state index contributed by atoms with van der Waals surface area (Å²) in [6.07, 6.45) is 0.653. The number of benzene rings is 2. The first-order chi connectivity index (χ1) is 11.5. The molecule has 0 saturated heterocycles. The van der Waals surface area contributed by atoms with E-state index in [9.17, 15) is 9.59 Å². The van der Waals surface area contributed by atoms with Gasteiger partial charge in [-0.05, 0) is 48.4 Å². The summed E-state index contributed by atoms with van der Waals surface area (Å²) in [5.41, 5.74) is 1.59. The molecule has 0 fully saturated rings. The third-order valence-corrected chi connectivity index (χ3v) is 3.79. The Morgan fingerprint density at radius 3 is 2.29 bits per heavy atom. The van der Waals surface area contributed by atoms with E-state index in [0.29, 0.717) is 23.7 Å². The zero-order valence-corrected chi connectivity index (χ0v) is 14.3. The van der Waals surface area contributed by atoms with Crippen LogP contribution in [0.3, 0.4) is 0 Å². The van der Waals surface area contributed by atoms with Crippen molar-refractivity contribution in [2.24, 2.45) is 0 Å². The fourth-order valence-electron chi connectivity index (χ4n) is 2.08. The highest BCUT2D eigenvalue weighted by Crippen LogP contribution is 2.14. The average Bonchev–Trinajstić information content (AvgIpc) is 2.61. The molecule has 0 aliphatic heterocycles. The minimum absolute atomic E-state index is 0.444. The third kappa shape index (κ3) is 4.99. The number of nitrogens with one attached hydrogen (secondary N) is 1. The van der Waals surface area contributed by atoms with Crippen LogP contribution in [-0.2, 0) is 16.0 Å². The Morgan fingerprint density at radius 1 is 1.08 bits per heavy atom. The van der Waals surface area contributed by atoms with E-state index in [1.54, 1.807) is 38.4 Å². The number of anilines is 1. The van der Waals surface area contributed by atoms with Crippen molar-refractivity contribution in [2.75, 3.05) is 26.0 Å². The summed E-state index contributed by atoms with van der Waals surface area (Å²) in [7, 11) is 3.22. The molecule has 1 N–H and O–H groups in total. The van der Waals surface area contributed by atoms with Crippen molar-refractivity contribution < 1.29 is 14.3 Å². The number of halogens is 1. The van der Waals surface area contributed by atoms with Gasteiger partial charge in [0.15, 0.2) is 0 Å². The van der Waals surface area contributed by atoms with Crippen LogP contribution in [-0.4, -0.2) is 37.4 Å². The zero-order chi connectivity index (χ0) is 17.5. The minimum Gasteiger partial charge on any atom is -0.497 e. The average molecular weight is 347 g/mol. The number of hydrogen-bond acceptors (Lipinski definition) is 3. The molecule has 24 heavy (non-hydrogen) atoms. The van der Waals surface area contributed by atoms with Crippen molar-refractivity contribution in [3.63, 3.8) is 0 Å². The Kier molecular flexibility index (Phi) is 6.21. The van der Waals surface area contributed by atoms with Crippen LogP contribution in [0.5, 0.6) is 5.75 Å². The van der Waals surface area contributed by atoms with Crippen molar-refractivity contribution in [1.29, 1.82) is 0 Å². The number of carbonyl (C=O) groups excluding carboxylic acids is 2. The molecule has 0 spiro atoms. The topological polar surface area (TPSA) is 58.6 Å².